The summed E-state index contributed by atoms with van der Waals surface area (Å²) in [5.74, 6) is -0.895. The molecule has 0 spiro atoms. The van der Waals surface area contributed by atoms with Crippen LogP contribution in [0.15, 0.2) is 0 Å². The number of carbonyl (C=O) groups is 2. The summed E-state index contributed by atoms with van der Waals surface area (Å²) in [5.41, 5.74) is 0. The lowest BCUT2D eigenvalue weighted by molar-refractivity contribution is -0.136. The second-order valence-corrected chi connectivity index (χ2v) is 4.68. The van der Waals surface area contributed by atoms with Gasteiger partial charge in [-0.2, -0.15) is 0 Å². The number of carboxylic acids is 1. The van der Waals surface area contributed by atoms with Crippen molar-refractivity contribution in [2.24, 2.45) is 0 Å². The second-order valence-electron chi connectivity index (χ2n) is 4.68. The quantitative estimate of drug-likeness (QED) is 0.647. The monoisotopic (exact) mass is 241 g/mol. The SMILES string of the molecule is O=C(O)CCNC(=O)NC1CCN2CCCC12. The Morgan fingerprint density at radius 1 is 1.29 bits per heavy atom. The number of nitrogens with zero attached hydrogens (tertiary/aromatic N) is 1. The van der Waals surface area contributed by atoms with Crippen LogP contribution in [0, 0.1) is 0 Å². The summed E-state index contributed by atoms with van der Waals surface area (Å²) in [6.45, 7) is 2.39. The van der Waals surface area contributed by atoms with E-state index in [1.54, 1.807) is 0 Å². The summed E-state index contributed by atoms with van der Waals surface area (Å²) < 4.78 is 0. The Balaban J connectivity index is 1.70. The Bertz CT molecular complexity index is 308. The molecule has 2 rings (SSSR count). The van der Waals surface area contributed by atoms with Gasteiger partial charge >= 0.3 is 12.0 Å². The van der Waals surface area contributed by atoms with Crippen molar-refractivity contribution < 1.29 is 14.7 Å². The van der Waals surface area contributed by atoms with Crippen molar-refractivity contribution in [3.63, 3.8) is 0 Å². The molecule has 2 atom stereocenters. The van der Waals surface area contributed by atoms with Crippen molar-refractivity contribution in [1.29, 1.82) is 0 Å². The number of rotatable bonds is 4. The van der Waals surface area contributed by atoms with E-state index in [1.165, 1.54) is 6.42 Å². The van der Waals surface area contributed by atoms with Crippen molar-refractivity contribution in [3.05, 3.63) is 0 Å². The number of hydrogen-bond donors (Lipinski definition) is 3. The summed E-state index contributed by atoms with van der Waals surface area (Å²) >= 11 is 0. The highest BCUT2D eigenvalue weighted by molar-refractivity contribution is 5.75. The Morgan fingerprint density at radius 2 is 2.12 bits per heavy atom. The molecule has 6 heteroatoms. The van der Waals surface area contributed by atoms with Gasteiger partial charge < -0.3 is 15.7 Å². The van der Waals surface area contributed by atoms with Crippen LogP contribution in [-0.2, 0) is 4.79 Å². The molecule has 6 nitrogen and oxygen atoms in total. The average molecular weight is 241 g/mol. The molecule has 2 aliphatic heterocycles. The minimum absolute atomic E-state index is 0.0341. The molecule has 0 aromatic heterocycles. The number of carbonyl (C=O) groups excluding carboxylic acids is 1. The molecule has 2 fully saturated rings. The Morgan fingerprint density at radius 3 is 2.88 bits per heavy atom. The van der Waals surface area contributed by atoms with Gasteiger partial charge in [-0.15, -0.1) is 0 Å². The van der Waals surface area contributed by atoms with E-state index in [9.17, 15) is 9.59 Å². The van der Waals surface area contributed by atoms with Crippen LogP contribution in [0.25, 0.3) is 0 Å². The minimum Gasteiger partial charge on any atom is -0.481 e. The van der Waals surface area contributed by atoms with Crippen molar-refractivity contribution in [3.8, 4) is 0 Å². The van der Waals surface area contributed by atoms with Crippen LogP contribution in [-0.4, -0.2) is 53.7 Å². The smallest absolute Gasteiger partial charge is 0.315 e. The predicted molar refractivity (Wildman–Crippen MR) is 61.8 cm³/mol. The van der Waals surface area contributed by atoms with Gasteiger partial charge in [-0.3, -0.25) is 9.69 Å². The van der Waals surface area contributed by atoms with Gasteiger partial charge in [-0.25, -0.2) is 4.79 Å². The lowest BCUT2D eigenvalue weighted by Crippen LogP contribution is -2.47. The fraction of sp³-hybridized carbons (Fsp3) is 0.818. The van der Waals surface area contributed by atoms with E-state index in [4.69, 9.17) is 5.11 Å². The lowest BCUT2D eigenvalue weighted by Gasteiger charge is -2.21. The van der Waals surface area contributed by atoms with E-state index in [2.05, 4.69) is 15.5 Å². The molecular weight excluding hydrogens is 222 g/mol. The number of aliphatic carboxylic acids is 1. The minimum atomic E-state index is -0.895. The van der Waals surface area contributed by atoms with Gasteiger partial charge in [0.25, 0.3) is 0 Å². The molecule has 0 aliphatic carbocycles. The zero-order valence-corrected chi connectivity index (χ0v) is 9.82. The molecule has 0 aromatic rings. The van der Waals surface area contributed by atoms with Crippen LogP contribution in [0.4, 0.5) is 4.79 Å². The maximum atomic E-state index is 11.5. The fourth-order valence-corrected chi connectivity index (χ4v) is 2.75. The Labute approximate surface area is 100 Å². The highest BCUT2D eigenvalue weighted by atomic mass is 16.4. The molecule has 0 saturated carbocycles. The third-order valence-electron chi connectivity index (χ3n) is 3.55. The first kappa shape index (κ1) is 12.2. The summed E-state index contributed by atoms with van der Waals surface area (Å²) in [4.78, 5) is 24.3. The van der Waals surface area contributed by atoms with Gasteiger partial charge in [0.05, 0.1) is 6.42 Å². The fourth-order valence-electron chi connectivity index (χ4n) is 2.75. The van der Waals surface area contributed by atoms with Crippen molar-refractivity contribution in [2.75, 3.05) is 19.6 Å². The first-order valence-corrected chi connectivity index (χ1v) is 6.17. The van der Waals surface area contributed by atoms with Gasteiger partial charge in [0.1, 0.15) is 0 Å². The van der Waals surface area contributed by atoms with Gasteiger partial charge in [-0.05, 0) is 25.8 Å². The van der Waals surface area contributed by atoms with Crippen LogP contribution >= 0.6 is 0 Å². The topological polar surface area (TPSA) is 81.7 Å². The molecule has 2 saturated heterocycles. The first-order valence-electron chi connectivity index (χ1n) is 6.17. The molecule has 0 aromatic carbocycles. The van der Waals surface area contributed by atoms with E-state index in [-0.39, 0.29) is 25.0 Å². The van der Waals surface area contributed by atoms with Gasteiger partial charge in [0.2, 0.25) is 0 Å². The largest absolute Gasteiger partial charge is 0.481 e. The van der Waals surface area contributed by atoms with Crippen LogP contribution in [0.5, 0.6) is 0 Å². The standard InChI is InChI=1S/C11H19N3O3/c15-10(16)3-5-12-11(17)13-8-4-7-14-6-1-2-9(8)14/h8-9H,1-7H2,(H,15,16)(H2,12,13,17). The molecule has 2 amide bonds. The number of fused-ring (bicyclic) bond motifs is 1. The average Bonchev–Trinajstić information content (AvgIpc) is 2.82. The predicted octanol–water partition coefficient (Wildman–Crippen LogP) is -0.00300. The summed E-state index contributed by atoms with van der Waals surface area (Å²) in [6.07, 6.45) is 3.33. The van der Waals surface area contributed by atoms with Crippen LogP contribution in [0.2, 0.25) is 0 Å². The number of urea groups is 1. The number of nitrogens with one attached hydrogen (secondary N) is 2. The van der Waals surface area contributed by atoms with Crippen LogP contribution in [0.1, 0.15) is 25.7 Å². The number of amides is 2. The molecule has 2 heterocycles. The van der Waals surface area contributed by atoms with E-state index >= 15 is 0 Å². The van der Waals surface area contributed by atoms with Gasteiger partial charge in [0.15, 0.2) is 0 Å². The zero-order chi connectivity index (χ0) is 12.3. The van der Waals surface area contributed by atoms with E-state index in [0.717, 1.165) is 25.9 Å². The summed E-state index contributed by atoms with van der Waals surface area (Å²) in [6, 6.07) is 0.465. The Kier molecular flexibility index (Phi) is 3.83. The molecule has 2 unspecified atom stereocenters. The zero-order valence-electron chi connectivity index (χ0n) is 9.82. The number of hydrogen-bond acceptors (Lipinski definition) is 3. The molecule has 96 valence electrons. The highest BCUT2D eigenvalue weighted by Crippen LogP contribution is 2.27. The Hall–Kier alpha value is -1.30. The van der Waals surface area contributed by atoms with Crippen molar-refractivity contribution >= 4 is 12.0 Å². The molecule has 0 bridgehead atoms. The molecule has 0 radical (unpaired) electrons. The van der Waals surface area contributed by atoms with Crippen LogP contribution in [0.3, 0.4) is 0 Å². The molecule has 3 N–H and O–H groups in total. The summed E-state index contributed by atoms with van der Waals surface area (Å²) in [7, 11) is 0. The van der Waals surface area contributed by atoms with Gasteiger partial charge in [-0.1, -0.05) is 0 Å². The van der Waals surface area contributed by atoms with E-state index in [0.29, 0.717) is 6.04 Å². The molecular formula is C11H19N3O3. The maximum absolute atomic E-state index is 11.5. The maximum Gasteiger partial charge on any atom is 0.315 e. The summed E-state index contributed by atoms with van der Waals surface area (Å²) in [5, 5.41) is 14.0. The second kappa shape index (κ2) is 5.35. The van der Waals surface area contributed by atoms with Crippen molar-refractivity contribution in [1.82, 2.24) is 15.5 Å². The van der Waals surface area contributed by atoms with Gasteiger partial charge in [0, 0.05) is 25.2 Å². The van der Waals surface area contributed by atoms with Crippen LogP contribution < -0.4 is 10.6 Å². The van der Waals surface area contributed by atoms with Crippen molar-refractivity contribution in [2.45, 2.75) is 37.8 Å². The van der Waals surface area contributed by atoms with E-state index < -0.39 is 5.97 Å². The first-order chi connectivity index (χ1) is 8.16. The third kappa shape index (κ3) is 3.09. The third-order valence-corrected chi connectivity index (χ3v) is 3.55. The lowest BCUT2D eigenvalue weighted by atomic mass is 10.1. The number of carboxylic acid groups (broad SMARTS) is 1. The highest BCUT2D eigenvalue weighted by Gasteiger charge is 2.37. The molecule has 17 heavy (non-hydrogen) atoms. The molecule has 2 aliphatic rings. The normalized spacial score (nSPS) is 27.8. The van der Waals surface area contributed by atoms with E-state index in [1.807, 2.05) is 0 Å².